The van der Waals surface area contributed by atoms with Gasteiger partial charge in [0, 0.05) is 11.6 Å². The molecule has 1 aromatic carbocycles. The molecule has 2 N–H and O–H groups in total. The molecule has 0 saturated heterocycles. The van der Waals surface area contributed by atoms with E-state index >= 15 is 0 Å². The van der Waals surface area contributed by atoms with E-state index in [1.165, 1.54) is 10.9 Å². The van der Waals surface area contributed by atoms with E-state index in [4.69, 9.17) is 11.6 Å². The first-order chi connectivity index (χ1) is 10.8. The molecule has 0 spiro atoms. The van der Waals surface area contributed by atoms with Crippen molar-refractivity contribution in [3.8, 4) is 0 Å². The van der Waals surface area contributed by atoms with Crippen molar-refractivity contribution >= 4 is 33.3 Å². The summed E-state index contributed by atoms with van der Waals surface area (Å²) in [6.45, 7) is 0.413. The molecule has 0 saturated carbocycles. The fraction of sp³-hybridized carbons (Fsp3) is 0.308. The molecule has 10 heteroatoms. The molecule has 0 bridgehead atoms. The maximum Gasteiger partial charge on any atom is 0.241 e. The standard InChI is InChI=1S/C13H16ClN5O3S/c1-23(21,22)17-12-8-19(18-16-12)9-13(20)15-6-5-10-3-2-4-11(14)7-10/h2-4,7-8,17H,5-6,9H2,1H3,(H,15,20). The second-order valence-corrected chi connectivity index (χ2v) is 7.09. The lowest BCUT2D eigenvalue weighted by Crippen LogP contribution is -2.29. The van der Waals surface area contributed by atoms with Crippen LogP contribution < -0.4 is 10.0 Å². The summed E-state index contributed by atoms with van der Waals surface area (Å²) >= 11 is 5.89. The van der Waals surface area contributed by atoms with Crippen LogP contribution >= 0.6 is 11.6 Å². The third-order valence-electron chi connectivity index (χ3n) is 2.76. The second-order valence-electron chi connectivity index (χ2n) is 4.91. The number of nitrogens with one attached hydrogen (secondary N) is 2. The minimum absolute atomic E-state index is 0.0476. The van der Waals surface area contributed by atoms with Gasteiger partial charge < -0.3 is 5.32 Å². The summed E-state index contributed by atoms with van der Waals surface area (Å²) in [6.07, 6.45) is 3.01. The number of amides is 1. The molecule has 0 atom stereocenters. The Labute approximate surface area is 138 Å². The Kier molecular flexibility index (Phi) is 5.56. The summed E-state index contributed by atoms with van der Waals surface area (Å²) in [7, 11) is -3.42. The molecule has 1 heterocycles. The van der Waals surface area contributed by atoms with Crippen molar-refractivity contribution < 1.29 is 13.2 Å². The number of carbonyl (C=O) groups is 1. The topological polar surface area (TPSA) is 106 Å². The molecule has 1 aromatic heterocycles. The summed E-state index contributed by atoms with van der Waals surface area (Å²) in [6, 6.07) is 7.41. The molecule has 0 unspecified atom stereocenters. The number of sulfonamides is 1. The van der Waals surface area contributed by atoms with Crippen LogP contribution in [0.25, 0.3) is 0 Å². The van der Waals surface area contributed by atoms with E-state index in [9.17, 15) is 13.2 Å². The van der Waals surface area contributed by atoms with Crippen LogP contribution in [0.2, 0.25) is 5.02 Å². The predicted octanol–water partition coefficient (Wildman–Crippen LogP) is 0.662. The molecule has 0 aliphatic heterocycles. The smallest absolute Gasteiger partial charge is 0.241 e. The third-order valence-corrected chi connectivity index (χ3v) is 3.57. The van der Waals surface area contributed by atoms with Crippen LogP contribution in [0.3, 0.4) is 0 Å². The number of nitrogens with zero attached hydrogens (tertiary/aromatic N) is 3. The quantitative estimate of drug-likeness (QED) is 0.757. The van der Waals surface area contributed by atoms with Crippen LogP contribution in [0.15, 0.2) is 30.5 Å². The van der Waals surface area contributed by atoms with Crippen molar-refractivity contribution in [1.82, 2.24) is 20.3 Å². The van der Waals surface area contributed by atoms with Crippen molar-refractivity contribution in [1.29, 1.82) is 0 Å². The van der Waals surface area contributed by atoms with Gasteiger partial charge in [0.1, 0.15) is 6.54 Å². The van der Waals surface area contributed by atoms with Crippen LogP contribution in [0, 0.1) is 0 Å². The van der Waals surface area contributed by atoms with E-state index in [1.807, 2.05) is 18.2 Å². The molecular formula is C13H16ClN5O3S. The number of halogens is 1. The Morgan fingerprint density at radius 1 is 1.39 bits per heavy atom. The first kappa shape index (κ1) is 17.2. The number of benzene rings is 1. The fourth-order valence-electron chi connectivity index (χ4n) is 1.85. The minimum atomic E-state index is -3.42. The lowest BCUT2D eigenvalue weighted by atomic mass is 10.1. The van der Waals surface area contributed by atoms with Gasteiger partial charge in [0.05, 0.1) is 12.5 Å². The van der Waals surface area contributed by atoms with Gasteiger partial charge >= 0.3 is 0 Å². The molecule has 8 nitrogen and oxygen atoms in total. The number of carbonyl (C=O) groups excluding carboxylic acids is 1. The summed E-state index contributed by atoms with van der Waals surface area (Å²) in [5.41, 5.74) is 1.03. The molecule has 2 aromatic rings. The summed E-state index contributed by atoms with van der Waals surface area (Å²) < 4.78 is 25.5. The average Bonchev–Trinajstić information content (AvgIpc) is 2.83. The number of hydrogen-bond donors (Lipinski definition) is 2. The van der Waals surface area contributed by atoms with Gasteiger partial charge in [-0.25, -0.2) is 13.1 Å². The Hall–Kier alpha value is -2.13. The van der Waals surface area contributed by atoms with Crippen LogP contribution in [-0.4, -0.2) is 42.1 Å². The maximum atomic E-state index is 11.8. The highest BCUT2D eigenvalue weighted by molar-refractivity contribution is 7.92. The monoisotopic (exact) mass is 357 g/mol. The molecular weight excluding hydrogens is 342 g/mol. The predicted molar refractivity (Wildman–Crippen MR) is 86.7 cm³/mol. The zero-order chi connectivity index (χ0) is 16.9. The van der Waals surface area contributed by atoms with Gasteiger partial charge in [-0.2, -0.15) is 0 Å². The van der Waals surface area contributed by atoms with E-state index in [2.05, 4.69) is 20.4 Å². The van der Waals surface area contributed by atoms with Crippen molar-refractivity contribution in [3.63, 3.8) is 0 Å². The second kappa shape index (κ2) is 7.42. The number of aromatic nitrogens is 3. The zero-order valence-electron chi connectivity index (χ0n) is 12.4. The van der Waals surface area contributed by atoms with E-state index in [0.29, 0.717) is 18.0 Å². The molecule has 0 fully saturated rings. The first-order valence-corrected chi connectivity index (χ1v) is 8.98. The van der Waals surface area contributed by atoms with Gasteiger partial charge in [0.25, 0.3) is 0 Å². The number of rotatable bonds is 7. The molecule has 23 heavy (non-hydrogen) atoms. The van der Waals surface area contributed by atoms with Crippen molar-refractivity contribution in [3.05, 3.63) is 41.0 Å². The van der Waals surface area contributed by atoms with E-state index < -0.39 is 10.0 Å². The highest BCUT2D eigenvalue weighted by atomic mass is 35.5. The zero-order valence-corrected chi connectivity index (χ0v) is 13.9. The molecule has 1 amide bonds. The van der Waals surface area contributed by atoms with Gasteiger partial charge in [-0.1, -0.05) is 28.9 Å². The molecule has 124 valence electrons. The van der Waals surface area contributed by atoms with E-state index in [0.717, 1.165) is 11.8 Å². The van der Waals surface area contributed by atoms with Crippen molar-refractivity contribution in [2.24, 2.45) is 0 Å². The maximum absolute atomic E-state index is 11.8. The first-order valence-electron chi connectivity index (χ1n) is 6.71. The highest BCUT2D eigenvalue weighted by Crippen LogP contribution is 2.10. The normalized spacial score (nSPS) is 11.2. The summed E-state index contributed by atoms with van der Waals surface area (Å²) in [4.78, 5) is 11.8. The molecule has 0 aliphatic rings. The Bertz CT molecular complexity index is 790. The lowest BCUT2D eigenvalue weighted by molar-refractivity contribution is -0.121. The van der Waals surface area contributed by atoms with Gasteiger partial charge in [-0.15, -0.1) is 5.10 Å². The molecule has 0 aliphatic carbocycles. The van der Waals surface area contributed by atoms with Gasteiger partial charge in [0.15, 0.2) is 5.82 Å². The van der Waals surface area contributed by atoms with Gasteiger partial charge in [-0.05, 0) is 24.1 Å². The summed E-state index contributed by atoms with van der Waals surface area (Å²) in [5, 5.41) is 10.7. The Morgan fingerprint density at radius 2 is 2.17 bits per heavy atom. The lowest BCUT2D eigenvalue weighted by Gasteiger charge is -2.05. The van der Waals surface area contributed by atoms with Crippen molar-refractivity contribution in [2.45, 2.75) is 13.0 Å². The molecule has 0 radical (unpaired) electrons. The van der Waals surface area contributed by atoms with Crippen LogP contribution in [0.5, 0.6) is 0 Å². The number of anilines is 1. The fourth-order valence-corrected chi connectivity index (χ4v) is 2.54. The minimum Gasteiger partial charge on any atom is -0.354 e. The van der Waals surface area contributed by atoms with Crippen LogP contribution in [-0.2, 0) is 27.8 Å². The van der Waals surface area contributed by atoms with Crippen LogP contribution in [0.1, 0.15) is 5.56 Å². The molecule has 2 rings (SSSR count). The largest absolute Gasteiger partial charge is 0.354 e. The average molecular weight is 358 g/mol. The van der Waals surface area contributed by atoms with Crippen LogP contribution in [0.4, 0.5) is 5.82 Å². The van der Waals surface area contributed by atoms with Crippen molar-refractivity contribution in [2.75, 3.05) is 17.5 Å². The third kappa shape index (κ3) is 6.25. The van der Waals surface area contributed by atoms with E-state index in [-0.39, 0.29) is 18.3 Å². The SMILES string of the molecule is CS(=O)(=O)Nc1cn(CC(=O)NCCc2cccc(Cl)c2)nn1. The highest BCUT2D eigenvalue weighted by Gasteiger charge is 2.08. The van der Waals surface area contributed by atoms with Gasteiger partial charge in [-0.3, -0.25) is 9.52 Å². The number of hydrogen-bond acceptors (Lipinski definition) is 5. The summed E-state index contributed by atoms with van der Waals surface area (Å²) in [5.74, 6) is -0.179. The Morgan fingerprint density at radius 3 is 2.87 bits per heavy atom. The Balaban J connectivity index is 1.79. The van der Waals surface area contributed by atoms with Gasteiger partial charge in [0.2, 0.25) is 15.9 Å². The van der Waals surface area contributed by atoms with E-state index in [1.54, 1.807) is 6.07 Å².